The average Bonchev–Trinajstić information content (AvgIpc) is 3.37. The van der Waals surface area contributed by atoms with E-state index < -0.39 is 5.97 Å². The number of aliphatic carboxylic acids is 1. The van der Waals surface area contributed by atoms with Crippen molar-refractivity contribution in [3.05, 3.63) is 78.6 Å². The number of rotatable bonds is 12. The number of aromatic nitrogens is 4. The summed E-state index contributed by atoms with van der Waals surface area (Å²) in [6.45, 7) is 10.1. The highest BCUT2D eigenvalue weighted by Gasteiger charge is 2.24. The third-order valence-corrected chi connectivity index (χ3v) is 6.53. The van der Waals surface area contributed by atoms with Gasteiger partial charge in [0, 0.05) is 36.1 Å². The molecule has 0 unspecified atom stereocenters. The number of nitrogens with one attached hydrogen (secondary N) is 1. The van der Waals surface area contributed by atoms with Crippen LogP contribution in [-0.2, 0) is 11.3 Å². The summed E-state index contributed by atoms with van der Waals surface area (Å²) in [4.78, 5) is 27.4. The Bertz CT molecular complexity index is 1400. The van der Waals surface area contributed by atoms with Gasteiger partial charge in [0.1, 0.15) is 11.5 Å². The van der Waals surface area contributed by atoms with Crippen LogP contribution >= 0.6 is 0 Å². The molecule has 0 bridgehead atoms. The maximum absolute atomic E-state index is 11.6. The Morgan fingerprint density at radius 1 is 1.13 bits per heavy atom. The van der Waals surface area contributed by atoms with E-state index in [0.717, 1.165) is 27.9 Å². The van der Waals surface area contributed by atoms with Gasteiger partial charge in [-0.1, -0.05) is 43.8 Å². The smallest absolute Gasteiger partial charge is 0.332 e. The summed E-state index contributed by atoms with van der Waals surface area (Å²) < 4.78 is 2.05. The quantitative estimate of drug-likeness (QED) is 0.229. The normalized spacial score (nSPS) is 12.0. The predicted molar refractivity (Wildman–Crippen MR) is 150 cm³/mol. The minimum atomic E-state index is -1.10. The maximum atomic E-state index is 11.6. The summed E-state index contributed by atoms with van der Waals surface area (Å²) in [5.74, 6) is -0.117. The number of hydrogen-bond acceptors (Lipinski definition) is 7. The summed E-state index contributed by atoms with van der Waals surface area (Å²) >= 11 is 0. The van der Waals surface area contributed by atoms with Gasteiger partial charge in [0.25, 0.3) is 0 Å². The number of carboxylic acids is 1. The maximum Gasteiger partial charge on any atom is 0.332 e. The highest BCUT2D eigenvalue weighted by atomic mass is 16.4. The molecule has 0 aliphatic rings. The van der Waals surface area contributed by atoms with Gasteiger partial charge in [0.15, 0.2) is 0 Å². The summed E-state index contributed by atoms with van der Waals surface area (Å²) in [5.41, 5.74) is 3.76. The molecule has 1 aromatic carbocycles. The fourth-order valence-electron chi connectivity index (χ4n) is 4.30. The standard InChI is InChI=1S/C29H34N6O3/c1-5-23(18-36)35(17-20(4)28(37)38)29-32-26(24-13-15-34(19(2)3)27(24)33-29)31-16-21-9-11-22(12-10-21)25-8-6-7-14-30-25/h6-15,19,23,36H,4-5,16-18H2,1-3H3,(H,37,38)(H,31,32,33)/t23-/m1/s1. The molecule has 1 atom stereocenters. The molecule has 38 heavy (non-hydrogen) atoms. The lowest BCUT2D eigenvalue weighted by Crippen LogP contribution is -2.41. The van der Waals surface area contributed by atoms with E-state index in [1.165, 1.54) is 0 Å². The second-order valence-corrected chi connectivity index (χ2v) is 9.47. The van der Waals surface area contributed by atoms with Crippen LogP contribution in [0.2, 0.25) is 0 Å². The van der Waals surface area contributed by atoms with Crippen molar-refractivity contribution >= 4 is 28.8 Å². The third-order valence-electron chi connectivity index (χ3n) is 6.53. The Kier molecular flexibility index (Phi) is 8.38. The largest absolute Gasteiger partial charge is 0.478 e. The first kappa shape index (κ1) is 26.8. The minimum absolute atomic E-state index is 0.00217. The van der Waals surface area contributed by atoms with Gasteiger partial charge >= 0.3 is 5.97 Å². The van der Waals surface area contributed by atoms with E-state index in [1.54, 1.807) is 11.1 Å². The molecule has 3 heterocycles. The SMILES string of the molecule is C=C(CN(c1nc(NCc2ccc(-c3ccccn3)cc2)c2ccn(C(C)C)c2n1)[C@H](CC)CO)C(=O)O. The Labute approximate surface area is 222 Å². The summed E-state index contributed by atoms with van der Waals surface area (Å²) in [6.07, 6.45) is 4.34. The van der Waals surface area contributed by atoms with E-state index in [9.17, 15) is 15.0 Å². The number of aliphatic hydroxyl groups excluding tert-OH is 1. The highest BCUT2D eigenvalue weighted by molar-refractivity contribution is 5.89. The lowest BCUT2D eigenvalue weighted by atomic mass is 10.1. The highest BCUT2D eigenvalue weighted by Crippen LogP contribution is 2.29. The molecule has 9 nitrogen and oxygen atoms in total. The predicted octanol–water partition coefficient (Wildman–Crippen LogP) is 4.90. The van der Waals surface area contributed by atoms with Crippen molar-refractivity contribution in [3.8, 4) is 11.3 Å². The van der Waals surface area contributed by atoms with Gasteiger partial charge in [-0.05, 0) is 44.0 Å². The van der Waals surface area contributed by atoms with Gasteiger partial charge in [0.2, 0.25) is 5.95 Å². The van der Waals surface area contributed by atoms with Crippen LogP contribution in [0.25, 0.3) is 22.3 Å². The zero-order chi connectivity index (χ0) is 27.2. The summed E-state index contributed by atoms with van der Waals surface area (Å²) in [7, 11) is 0. The molecule has 0 saturated heterocycles. The first-order chi connectivity index (χ1) is 18.3. The summed E-state index contributed by atoms with van der Waals surface area (Å²) in [5, 5.41) is 23.8. The molecule has 0 saturated carbocycles. The monoisotopic (exact) mass is 514 g/mol. The molecule has 198 valence electrons. The molecule has 0 spiro atoms. The molecule has 4 rings (SSSR count). The molecular formula is C29H34N6O3. The third kappa shape index (κ3) is 5.84. The topological polar surface area (TPSA) is 116 Å². The number of carboxylic acid groups (broad SMARTS) is 1. The van der Waals surface area contributed by atoms with E-state index in [-0.39, 0.29) is 30.8 Å². The van der Waals surface area contributed by atoms with Crippen LogP contribution in [0.15, 0.2) is 73.1 Å². The Morgan fingerprint density at radius 3 is 2.50 bits per heavy atom. The van der Waals surface area contributed by atoms with Gasteiger partial charge in [-0.25, -0.2) is 4.79 Å². The zero-order valence-electron chi connectivity index (χ0n) is 22.0. The molecule has 4 aromatic rings. The van der Waals surface area contributed by atoms with Crippen LogP contribution in [0.4, 0.5) is 11.8 Å². The Hall–Kier alpha value is -4.24. The zero-order valence-corrected chi connectivity index (χ0v) is 22.0. The van der Waals surface area contributed by atoms with Crippen molar-refractivity contribution in [1.29, 1.82) is 0 Å². The molecule has 0 aliphatic heterocycles. The van der Waals surface area contributed by atoms with Crippen molar-refractivity contribution in [1.82, 2.24) is 19.5 Å². The van der Waals surface area contributed by atoms with Crippen LogP contribution < -0.4 is 10.2 Å². The fourth-order valence-corrected chi connectivity index (χ4v) is 4.30. The van der Waals surface area contributed by atoms with Crippen LogP contribution in [0.5, 0.6) is 0 Å². The molecular weight excluding hydrogens is 480 g/mol. The Balaban J connectivity index is 1.69. The number of pyridine rings is 1. The number of fused-ring (bicyclic) bond motifs is 1. The number of nitrogens with zero attached hydrogens (tertiary/aromatic N) is 5. The van der Waals surface area contributed by atoms with E-state index >= 15 is 0 Å². The van der Waals surface area contributed by atoms with Crippen LogP contribution in [0.3, 0.4) is 0 Å². The lowest BCUT2D eigenvalue weighted by Gasteiger charge is -2.30. The molecule has 0 amide bonds. The van der Waals surface area contributed by atoms with Crippen molar-refractivity contribution in [3.63, 3.8) is 0 Å². The molecule has 0 aliphatic carbocycles. The second kappa shape index (κ2) is 11.9. The molecule has 9 heteroatoms. The average molecular weight is 515 g/mol. The van der Waals surface area contributed by atoms with Gasteiger partial charge in [-0.2, -0.15) is 9.97 Å². The fraction of sp³-hybridized carbons (Fsp3) is 0.310. The first-order valence-electron chi connectivity index (χ1n) is 12.7. The van der Waals surface area contributed by atoms with E-state index in [2.05, 4.69) is 47.4 Å². The number of carbonyl (C=O) groups is 1. The summed E-state index contributed by atoms with van der Waals surface area (Å²) in [6, 6.07) is 15.8. The van der Waals surface area contributed by atoms with Crippen molar-refractivity contribution < 1.29 is 15.0 Å². The first-order valence-corrected chi connectivity index (χ1v) is 12.7. The van der Waals surface area contributed by atoms with Gasteiger partial charge < -0.3 is 25.0 Å². The van der Waals surface area contributed by atoms with Gasteiger partial charge in [-0.15, -0.1) is 0 Å². The van der Waals surface area contributed by atoms with Crippen molar-refractivity contribution in [2.75, 3.05) is 23.4 Å². The van der Waals surface area contributed by atoms with Crippen molar-refractivity contribution in [2.45, 2.75) is 45.8 Å². The number of benzene rings is 1. The van der Waals surface area contributed by atoms with E-state index in [0.29, 0.717) is 24.7 Å². The van der Waals surface area contributed by atoms with Crippen molar-refractivity contribution in [2.24, 2.45) is 0 Å². The number of anilines is 2. The number of aliphatic hydroxyl groups is 1. The van der Waals surface area contributed by atoms with Crippen LogP contribution in [0, 0.1) is 0 Å². The van der Waals surface area contributed by atoms with Gasteiger partial charge in [0.05, 0.1) is 30.3 Å². The number of hydrogen-bond donors (Lipinski definition) is 3. The molecule has 0 fully saturated rings. The van der Waals surface area contributed by atoms with Gasteiger partial charge in [-0.3, -0.25) is 4.98 Å². The Morgan fingerprint density at radius 2 is 1.89 bits per heavy atom. The minimum Gasteiger partial charge on any atom is -0.478 e. The van der Waals surface area contributed by atoms with E-state index in [4.69, 9.17) is 9.97 Å². The second-order valence-electron chi connectivity index (χ2n) is 9.47. The molecule has 3 N–H and O–H groups in total. The molecule has 3 aromatic heterocycles. The van der Waals surface area contributed by atoms with E-state index in [1.807, 2.05) is 49.5 Å². The van der Waals surface area contributed by atoms with Crippen LogP contribution in [0.1, 0.15) is 38.8 Å². The van der Waals surface area contributed by atoms with Crippen LogP contribution in [-0.4, -0.2) is 54.9 Å². The lowest BCUT2D eigenvalue weighted by molar-refractivity contribution is -0.132. The molecule has 0 radical (unpaired) electrons.